The van der Waals surface area contributed by atoms with E-state index in [2.05, 4.69) is 34.6 Å². The van der Waals surface area contributed by atoms with Crippen LogP contribution < -0.4 is 18.9 Å². The van der Waals surface area contributed by atoms with Gasteiger partial charge < -0.3 is 28.3 Å². The molecule has 1 aromatic heterocycles. The molecule has 0 spiro atoms. The van der Waals surface area contributed by atoms with E-state index in [9.17, 15) is 4.79 Å². The molecule has 0 amide bonds. The Morgan fingerprint density at radius 2 is 1.43 bits per heavy atom. The lowest BCUT2D eigenvalue weighted by atomic mass is 10.1. The predicted molar refractivity (Wildman–Crippen MR) is 171 cm³/mol. The molecule has 0 N–H and O–H groups in total. The first-order valence-corrected chi connectivity index (χ1v) is 14.4. The number of rotatable bonds is 11. The van der Waals surface area contributed by atoms with Crippen LogP contribution in [0.3, 0.4) is 0 Å². The molecule has 0 unspecified atom stereocenters. The Kier molecular flexibility index (Phi) is 9.96. The lowest BCUT2D eigenvalue weighted by Gasteiger charge is -2.13. The summed E-state index contributed by atoms with van der Waals surface area (Å²) in [6.45, 7) is 2.92. The third-order valence-corrected chi connectivity index (χ3v) is 7.25. The van der Waals surface area contributed by atoms with Crippen LogP contribution in [0.2, 0.25) is 5.02 Å². The van der Waals surface area contributed by atoms with Crippen molar-refractivity contribution in [2.45, 2.75) is 26.7 Å². The number of halogens is 1. The van der Waals surface area contributed by atoms with Crippen LogP contribution in [0, 0.1) is 18.8 Å². The molecular formula is C36H32ClNO6. The Bertz CT molecular complexity index is 1800. The maximum absolute atomic E-state index is 13.0. The number of esters is 1. The van der Waals surface area contributed by atoms with E-state index >= 15 is 0 Å². The molecule has 0 bridgehead atoms. The van der Waals surface area contributed by atoms with Crippen molar-refractivity contribution in [2.75, 3.05) is 20.8 Å². The van der Waals surface area contributed by atoms with Crippen LogP contribution >= 0.6 is 11.6 Å². The van der Waals surface area contributed by atoms with Gasteiger partial charge in [0.25, 0.3) is 0 Å². The van der Waals surface area contributed by atoms with Crippen LogP contribution in [-0.2, 0) is 24.5 Å². The zero-order chi connectivity index (χ0) is 30.9. The average Bonchev–Trinajstić information content (AvgIpc) is 3.33. The van der Waals surface area contributed by atoms with Gasteiger partial charge in [-0.25, -0.2) is 4.79 Å². The van der Waals surface area contributed by atoms with Crippen LogP contribution in [0.25, 0.3) is 10.9 Å². The molecule has 0 aliphatic carbocycles. The van der Waals surface area contributed by atoms with Crippen molar-refractivity contribution in [3.8, 4) is 34.8 Å². The van der Waals surface area contributed by atoms with Gasteiger partial charge in [0.05, 0.1) is 32.0 Å². The fourth-order valence-corrected chi connectivity index (χ4v) is 4.93. The van der Waals surface area contributed by atoms with Crippen LogP contribution in [-0.4, -0.2) is 31.4 Å². The first-order valence-electron chi connectivity index (χ1n) is 14.0. The number of nitrogens with zero attached hydrogens (tertiary/aromatic N) is 1. The zero-order valence-corrected chi connectivity index (χ0v) is 25.5. The minimum atomic E-state index is -0.460. The van der Waals surface area contributed by atoms with Gasteiger partial charge in [-0.2, -0.15) is 0 Å². The molecule has 0 atom stereocenters. The largest absolute Gasteiger partial charge is 0.497 e. The minimum absolute atomic E-state index is 0.0492. The standard InChI is InChI=1S/C36H32ClNO6/c1-25-9-18-34-32(21-25)33(23-44-36(39)26-7-6-8-27(37)22-26)35(24-43-31-16-12-29(41-3)13-17-31)38(34)19-4-5-20-42-30-14-10-28(40-2)11-15-30/h6-18,21-22H,19-20,23-24H2,1-3H3. The number of carbonyl (C=O) groups is 1. The molecule has 1 heterocycles. The number of fused-ring (bicyclic) bond motifs is 1. The second-order valence-corrected chi connectivity index (χ2v) is 10.3. The number of carbonyl (C=O) groups excluding carboxylic acids is 1. The molecule has 0 aliphatic heterocycles. The van der Waals surface area contributed by atoms with Gasteiger partial charge in [-0.15, -0.1) is 0 Å². The molecule has 5 aromatic rings. The van der Waals surface area contributed by atoms with E-state index in [1.807, 2.05) is 55.5 Å². The van der Waals surface area contributed by atoms with Gasteiger partial charge in [0.15, 0.2) is 0 Å². The van der Waals surface area contributed by atoms with Gasteiger partial charge in [0.2, 0.25) is 0 Å². The highest BCUT2D eigenvalue weighted by molar-refractivity contribution is 6.30. The number of aryl methyl sites for hydroxylation is 1. The quantitative estimate of drug-likeness (QED) is 0.113. The van der Waals surface area contributed by atoms with Crippen molar-refractivity contribution < 1.29 is 28.5 Å². The Balaban J connectivity index is 1.42. The van der Waals surface area contributed by atoms with Crippen molar-refractivity contribution in [1.82, 2.24) is 4.57 Å². The van der Waals surface area contributed by atoms with E-state index in [4.69, 9.17) is 35.3 Å². The summed E-state index contributed by atoms with van der Waals surface area (Å²) < 4.78 is 30.4. The van der Waals surface area contributed by atoms with E-state index in [1.165, 1.54) is 0 Å². The Labute approximate surface area is 261 Å². The third-order valence-electron chi connectivity index (χ3n) is 7.02. The minimum Gasteiger partial charge on any atom is -0.497 e. The molecule has 224 valence electrons. The molecule has 0 saturated heterocycles. The van der Waals surface area contributed by atoms with Crippen molar-refractivity contribution in [3.63, 3.8) is 0 Å². The van der Waals surface area contributed by atoms with Gasteiger partial charge in [-0.3, -0.25) is 0 Å². The summed E-state index contributed by atoms with van der Waals surface area (Å²) in [5.41, 5.74) is 4.13. The van der Waals surface area contributed by atoms with Crippen LogP contribution in [0.5, 0.6) is 23.0 Å². The maximum Gasteiger partial charge on any atom is 0.338 e. The highest BCUT2D eigenvalue weighted by atomic mass is 35.5. The Morgan fingerprint density at radius 1 is 0.773 bits per heavy atom. The molecule has 0 saturated carbocycles. The summed E-state index contributed by atoms with van der Waals surface area (Å²) in [6.07, 6.45) is 0. The van der Waals surface area contributed by atoms with Crippen molar-refractivity contribution >= 4 is 28.5 Å². The summed E-state index contributed by atoms with van der Waals surface area (Å²) in [7, 11) is 3.24. The lowest BCUT2D eigenvalue weighted by Crippen LogP contribution is -2.10. The summed E-state index contributed by atoms with van der Waals surface area (Å²) in [5.74, 6) is 8.77. The predicted octanol–water partition coefficient (Wildman–Crippen LogP) is 7.64. The number of aromatic nitrogens is 1. The number of methoxy groups -OCH3 is 2. The highest BCUT2D eigenvalue weighted by Crippen LogP contribution is 2.30. The number of ether oxygens (including phenoxy) is 5. The van der Waals surface area contributed by atoms with Crippen molar-refractivity contribution in [1.29, 1.82) is 0 Å². The number of benzene rings is 4. The zero-order valence-electron chi connectivity index (χ0n) is 24.8. The molecule has 0 aliphatic rings. The second kappa shape index (κ2) is 14.4. The summed E-state index contributed by atoms with van der Waals surface area (Å²) >= 11 is 6.10. The number of hydrogen-bond acceptors (Lipinski definition) is 6. The Morgan fingerprint density at radius 3 is 2.09 bits per heavy atom. The third kappa shape index (κ3) is 7.47. The lowest BCUT2D eigenvalue weighted by molar-refractivity contribution is 0.0472. The first kappa shape index (κ1) is 30.4. The molecule has 44 heavy (non-hydrogen) atoms. The average molecular weight is 610 g/mol. The van der Waals surface area contributed by atoms with E-state index in [-0.39, 0.29) is 19.8 Å². The van der Waals surface area contributed by atoms with E-state index < -0.39 is 5.97 Å². The summed E-state index contributed by atoms with van der Waals surface area (Å²) in [5, 5.41) is 1.43. The molecule has 0 radical (unpaired) electrons. The fraction of sp³-hybridized carbons (Fsp3) is 0.194. The van der Waals surface area contributed by atoms with E-state index in [0.717, 1.165) is 39.2 Å². The molecule has 5 rings (SSSR count). The second-order valence-electron chi connectivity index (χ2n) is 9.90. The van der Waals surface area contributed by atoms with E-state index in [1.54, 1.807) is 38.5 Å². The SMILES string of the molecule is COc1ccc(OCC#CCn2c(COc3ccc(OC)cc3)c(COC(=O)c3cccc(Cl)c3)c3cc(C)ccc32)cc1. The number of hydrogen-bond donors (Lipinski definition) is 0. The highest BCUT2D eigenvalue weighted by Gasteiger charge is 2.20. The molecule has 8 heteroatoms. The van der Waals surface area contributed by atoms with Gasteiger partial charge in [-0.05, 0) is 85.8 Å². The molecule has 0 fully saturated rings. The van der Waals surface area contributed by atoms with Crippen molar-refractivity contribution in [3.05, 3.63) is 118 Å². The normalized spacial score (nSPS) is 10.5. The maximum atomic E-state index is 13.0. The van der Waals surface area contributed by atoms with Crippen LogP contribution in [0.15, 0.2) is 91.0 Å². The smallest absolute Gasteiger partial charge is 0.338 e. The monoisotopic (exact) mass is 609 g/mol. The molecule has 7 nitrogen and oxygen atoms in total. The van der Waals surface area contributed by atoms with Crippen molar-refractivity contribution in [2.24, 2.45) is 0 Å². The summed E-state index contributed by atoms with van der Waals surface area (Å²) in [6, 6.07) is 27.7. The fourth-order valence-electron chi connectivity index (χ4n) is 4.73. The molecule has 4 aromatic carbocycles. The van der Waals surface area contributed by atoms with Gasteiger partial charge in [-0.1, -0.05) is 41.1 Å². The van der Waals surface area contributed by atoms with Crippen LogP contribution in [0.1, 0.15) is 27.2 Å². The molecular weight excluding hydrogens is 578 g/mol. The first-order chi connectivity index (χ1) is 21.4. The van der Waals surface area contributed by atoms with Gasteiger partial charge in [0.1, 0.15) is 42.8 Å². The van der Waals surface area contributed by atoms with Gasteiger partial charge >= 0.3 is 5.97 Å². The summed E-state index contributed by atoms with van der Waals surface area (Å²) in [4.78, 5) is 13.0. The van der Waals surface area contributed by atoms with Crippen LogP contribution in [0.4, 0.5) is 0 Å². The Hall–Kier alpha value is -5.06. The van der Waals surface area contributed by atoms with Gasteiger partial charge in [0, 0.05) is 21.5 Å². The topological polar surface area (TPSA) is 68.2 Å². The van der Waals surface area contributed by atoms with E-state index in [0.29, 0.717) is 28.6 Å².